The van der Waals surface area contributed by atoms with Gasteiger partial charge in [0.05, 0.1) is 25.9 Å². The number of rotatable bonds is 5. The Labute approximate surface area is 181 Å². The largest absolute Gasteiger partial charge is 0.493 e. The summed E-state index contributed by atoms with van der Waals surface area (Å²) in [7, 11) is 1.58. The zero-order valence-corrected chi connectivity index (χ0v) is 17.5. The van der Waals surface area contributed by atoms with Crippen molar-refractivity contribution in [3.8, 4) is 11.5 Å². The molecule has 7 heteroatoms. The van der Waals surface area contributed by atoms with Crippen molar-refractivity contribution >= 4 is 5.78 Å². The maximum absolute atomic E-state index is 13.2. The molecule has 0 radical (unpaired) electrons. The Hall–Kier alpha value is -2.90. The van der Waals surface area contributed by atoms with Gasteiger partial charge in [0, 0.05) is 31.4 Å². The number of pyridine rings is 1. The van der Waals surface area contributed by atoms with Gasteiger partial charge in [-0.1, -0.05) is 12.1 Å². The second kappa shape index (κ2) is 8.69. The number of Topliss-reactive ketones (excluding diaryl/α,β-unsaturated/α-hetero) is 1. The Bertz CT molecular complexity index is 963. The van der Waals surface area contributed by atoms with E-state index in [1.54, 1.807) is 31.6 Å². The molecule has 1 aromatic carbocycles. The monoisotopic (exact) mass is 422 g/mol. The highest BCUT2D eigenvalue weighted by molar-refractivity contribution is 5.96. The number of benzene rings is 1. The lowest BCUT2D eigenvalue weighted by Gasteiger charge is -2.48. The minimum atomic E-state index is -0.222. The van der Waals surface area contributed by atoms with E-state index in [1.165, 1.54) is 11.8 Å². The summed E-state index contributed by atoms with van der Waals surface area (Å²) < 4.78 is 23.5. The van der Waals surface area contributed by atoms with Gasteiger partial charge >= 0.3 is 0 Å². The van der Waals surface area contributed by atoms with Gasteiger partial charge in [-0.2, -0.15) is 0 Å². The standard InChI is InChI=1S/C24H26N2O5/c1-28-20-4-2-3-5-21(20)31-22-14-29-24-17(23(22)27)6-7-19-18(24)13-26(15-30-19)12-16-8-10-25-11-9-16/h2-5,8-11,14,17-19,24H,6-7,12-13,15H2,1H3. The number of fused-ring (bicyclic) bond motifs is 3. The van der Waals surface area contributed by atoms with E-state index in [1.807, 2.05) is 24.3 Å². The van der Waals surface area contributed by atoms with Gasteiger partial charge < -0.3 is 18.9 Å². The number of allylic oxidation sites excluding steroid dienone is 1. The zero-order valence-electron chi connectivity index (χ0n) is 17.5. The van der Waals surface area contributed by atoms with E-state index in [0.29, 0.717) is 18.2 Å². The van der Waals surface area contributed by atoms with Crippen molar-refractivity contribution in [2.75, 3.05) is 20.4 Å². The number of aromatic nitrogens is 1. The van der Waals surface area contributed by atoms with Crippen molar-refractivity contribution in [3.63, 3.8) is 0 Å². The number of methoxy groups -OCH3 is 1. The molecule has 31 heavy (non-hydrogen) atoms. The highest BCUT2D eigenvalue weighted by Gasteiger charge is 2.49. The minimum absolute atomic E-state index is 0.00753. The van der Waals surface area contributed by atoms with Crippen LogP contribution in [0.25, 0.3) is 0 Å². The van der Waals surface area contributed by atoms with Gasteiger partial charge in [-0.3, -0.25) is 14.7 Å². The second-order valence-electron chi connectivity index (χ2n) is 8.25. The molecular weight excluding hydrogens is 396 g/mol. The van der Waals surface area contributed by atoms with Crippen LogP contribution >= 0.6 is 0 Å². The molecule has 0 amide bonds. The Morgan fingerprint density at radius 3 is 2.74 bits per heavy atom. The minimum Gasteiger partial charge on any atom is -0.493 e. The normalized spacial score (nSPS) is 28.0. The molecule has 7 nitrogen and oxygen atoms in total. The molecule has 2 fully saturated rings. The van der Waals surface area contributed by atoms with Crippen LogP contribution in [-0.2, 0) is 20.8 Å². The first-order chi connectivity index (χ1) is 15.2. The fourth-order valence-corrected chi connectivity index (χ4v) is 4.82. The third-order valence-corrected chi connectivity index (χ3v) is 6.35. The maximum atomic E-state index is 13.2. The SMILES string of the molecule is COc1ccccc1OC1=COC2C(CCC3OCN(Cc4ccncc4)CC32)C1=O. The molecule has 4 unspecified atom stereocenters. The molecule has 1 aliphatic carbocycles. The second-order valence-corrected chi connectivity index (χ2v) is 8.25. The Kier molecular flexibility index (Phi) is 5.61. The van der Waals surface area contributed by atoms with Crippen LogP contribution < -0.4 is 9.47 Å². The molecular formula is C24H26N2O5. The molecule has 1 saturated heterocycles. The van der Waals surface area contributed by atoms with Crippen LogP contribution in [0.1, 0.15) is 18.4 Å². The summed E-state index contributed by atoms with van der Waals surface area (Å²) in [6.07, 6.45) is 6.59. The van der Waals surface area contributed by atoms with Gasteiger partial charge in [0.15, 0.2) is 11.5 Å². The summed E-state index contributed by atoms with van der Waals surface area (Å²) in [5.74, 6) is 1.23. The molecule has 1 aromatic heterocycles. The van der Waals surface area contributed by atoms with E-state index >= 15 is 0 Å². The van der Waals surface area contributed by atoms with E-state index in [4.69, 9.17) is 18.9 Å². The summed E-state index contributed by atoms with van der Waals surface area (Å²) in [6.45, 7) is 2.21. The van der Waals surface area contributed by atoms with Gasteiger partial charge in [-0.05, 0) is 42.7 Å². The Morgan fingerprint density at radius 2 is 1.94 bits per heavy atom. The maximum Gasteiger partial charge on any atom is 0.208 e. The Morgan fingerprint density at radius 1 is 1.13 bits per heavy atom. The molecule has 3 heterocycles. The predicted molar refractivity (Wildman–Crippen MR) is 112 cm³/mol. The molecule has 0 bridgehead atoms. The lowest BCUT2D eigenvalue weighted by Crippen LogP contribution is -2.56. The lowest BCUT2D eigenvalue weighted by atomic mass is 9.73. The number of hydrogen-bond acceptors (Lipinski definition) is 7. The Balaban J connectivity index is 1.30. The summed E-state index contributed by atoms with van der Waals surface area (Å²) in [6, 6.07) is 11.3. The van der Waals surface area contributed by atoms with Crippen LogP contribution in [0.5, 0.6) is 11.5 Å². The molecule has 1 saturated carbocycles. The summed E-state index contributed by atoms with van der Waals surface area (Å²) in [5.41, 5.74) is 1.19. The molecule has 2 aromatic rings. The smallest absolute Gasteiger partial charge is 0.208 e. The average molecular weight is 422 g/mol. The van der Waals surface area contributed by atoms with Crippen molar-refractivity contribution in [2.45, 2.75) is 31.6 Å². The van der Waals surface area contributed by atoms with E-state index in [9.17, 15) is 4.79 Å². The lowest BCUT2D eigenvalue weighted by molar-refractivity contribution is -0.175. The quantitative estimate of drug-likeness (QED) is 0.733. The predicted octanol–water partition coefficient (Wildman–Crippen LogP) is 3.16. The fraction of sp³-hybridized carbons (Fsp3) is 0.417. The van der Waals surface area contributed by atoms with Crippen LogP contribution in [0.15, 0.2) is 60.8 Å². The first kappa shape index (κ1) is 20.0. The third-order valence-electron chi connectivity index (χ3n) is 6.35. The summed E-state index contributed by atoms with van der Waals surface area (Å²) >= 11 is 0. The van der Waals surface area contributed by atoms with Crippen molar-refractivity contribution < 1.29 is 23.7 Å². The van der Waals surface area contributed by atoms with Crippen molar-refractivity contribution in [1.82, 2.24) is 9.88 Å². The van der Waals surface area contributed by atoms with Gasteiger partial charge in [0.1, 0.15) is 12.4 Å². The molecule has 2 aliphatic heterocycles. The molecule has 0 N–H and O–H groups in total. The number of carbonyl (C=O) groups excluding carboxylic acids is 1. The van der Waals surface area contributed by atoms with Crippen molar-refractivity contribution in [2.24, 2.45) is 11.8 Å². The fourth-order valence-electron chi connectivity index (χ4n) is 4.82. The van der Waals surface area contributed by atoms with E-state index in [2.05, 4.69) is 9.88 Å². The third kappa shape index (κ3) is 4.03. The van der Waals surface area contributed by atoms with Gasteiger partial charge in [-0.15, -0.1) is 0 Å². The van der Waals surface area contributed by atoms with Crippen LogP contribution in [0.4, 0.5) is 0 Å². The highest BCUT2D eigenvalue weighted by Crippen LogP contribution is 2.41. The summed E-state index contributed by atoms with van der Waals surface area (Å²) in [5, 5.41) is 0. The molecule has 3 aliphatic rings. The zero-order chi connectivity index (χ0) is 21.2. The first-order valence-electron chi connectivity index (χ1n) is 10.7. The number of nitrogens with zero attached hydrogens (tertiary/aromatic N) is 2. The van der Waals surface area contributed by atoms with E-state index in [0.717, 1.165) is 25.9 Å². The number of ether oxygens (including phenoxy) is 4. The van der Waals surface area contributed by atoms with Crippen molar-refractivity contribution in [3.05, 3.63) is 66.4 Å². The van der Waals surface area contributed by atoms with Crippen LogP contribution in [-0.4, -0.2) is 48.3 Å². The summed E-state index contributed by atoms with van der Waals surface area (Å²) in [4.78, 5) is 19.6. The molecule has 162 valence electrons. The molecule has 4 atom stereocenters. The van der Waals surface area contributed by atoms with Crippen LogP contribution in [0, 0.1) is 11.8 Å². The molecule has 0 spiro atoms. The molecule has 5 rings (SSSR count). The van der Waals surface area contributed by atoms with Gasteiger partial charge in [0.25, 0.3) is 0 Å². The topological polar surface area (TPSA) is 70.1 Å². The number of ketones is 1. The number of para-hydroxylation sites is 2. The van der Waals surface area contributed by atoms with Crippen LogP contribution in [0.2, 0.25) is 0 Å². The highest BCUT2D eigenvalue weighted by atomic mass is 16.5. The number of carbonyl (C=O) groups is 1. The van der Waals surface area contributed by atoms with Crippen molar-refractivity contribution in [1.29, 1.82) is 0 Å². The van der Waals surface area contributed by atoms with Gasteiger partial charge in [-0.25, -0.2) is 0 Å². The first-order valence-corrected chi connectivity index (χ1v) is 10.7. The van der Waals surface area contributed by atoms with Gasteiger partial charge in [0.2, 0.25) is 11.5 Å². The van der Waals surface area contributed by atoms with E-state index < -0.39 is 0 Å². The van der Waals surface area contributed by atoms with E-state index in [-0.39, 0.29) is 35.6 Å². The van der Waals surface area contributed by atoms with Crippen LogP contribution in [0.3, 0.4) is 0 Å². The number of hydrogen-bond donors (Lipinski definition) is 0. The average Bonchev–Trinajstić information content (AvgIpc) is 2.81.